The Bertz CT molecular complexity index is 509. The van der Waals surface area contributed by atoms with Crippen molar-refractivity contribution in [1.82, 2.24) is 4.90 Å². The number of likely N-dealkylation sites (tertiary alicyclic amines) is 1. The minimum atomic E-state index is -0.748. The van der Waals surface area contributed by atoms with Gasteiger partial charge >= 0.3 is 5.97 Å². The van der Waals surface area contributed by atoms with E-state index in [1.165, 1.54) is 0 Å². The molecule has 0 radical (unpaired) electrons. The molecule has 5 heteroatoms. The van der Waals surface area contributed by atoms with E-state index < -0.39 is 5.97 Å². The fourth-order valence-electron chi connectivity index (χ4n) is 2.59. The van der Waals surface area contributed by atoms with Gasteiger partial charge in [0.05, 0.1) is 11.5 Å². The van der Waals surface area contributed by atoms with Crippen LogP contribution in [0.4, 0.5) is 0 Å². The average Bonchev–Trinajstić information content (AvgIpc) is 2.68. The molecule has 1 amide bonds. The second-order valence-corrected chi connectivity index (χ2v) is 6.38. The third-order valence-corrected chi connectivity index (χ3v) is 5.04. The van der Waals surface area contributed by atoms with E-state index in [1.807, 2.05) is 26.2 Å². The molecule has 0 saturated carbocycles. The minimum Gasteiger partial charge on any atom is -0.481 e. The Hall–Kier alpha value is -1.36. The summed E-state index contributed by atoms with van der Waals surface area (Å²) in [5, 5.41) is 11.0. The van der Waals surface area contributed by atoms with Crippen LogP contribution < -0.4 is 0 Å². The molecule has 1 aromatic heterocycles. The van der Waals surface area contributed by atoms with Crippen molar-refractivity contribution in [3.63, 3.8) is 0 Å². The highest BCUT2D eigenvalue weighted by Crippen LogP contribution is 2.27. The SMILES string of the molecule is Cc1scc(C(=O)N2CCC(C(=O)O)C(C)C2)c1C. The lowest BCUT2D eigenvalue weighted by molar-refractivity contribution is -0.145. The maximum Gasteiger partial charge on any atom is 0.306 e. The van der Waals surface area contributed by atoms with E-state index in [1.54, 1.807) is 16.2 Å². The van der Waals surface area contributed by atoms with Gasteiger partial charge in [0, 0.05) is 23.3 Å². The first-order chi connectivity index (χ1) is 8.91. The van der Waals surface area contributed by atoms with Crippen molar-refractivity contribution in [3.8, 4) is 0 Å². The molecule has 0 aliphatic carbocycles. The van der Waals surface area contributed by atoms with Crippen molar-refractivity contribution in [2.24, 2.45) is 11.8 Å². The Morgan fingerprint density at radius 3 is 2.58 bits per heavy atom. The Kier molecular flexibility index (Phi) is 3.94. The lowest BCUT2D eigenvalue weighted by atomic mass is 9.87. The summed E-state index contributed by atoms with van der Waals surface area (Å²) in [5.74, 6) is -1.02. The Morgan fingerprint density at radius 1 is 1.42 bits per heavy atom. The number of aryl methyl sites for hydroxylation is 1. The highest BCUT2D eigenvalue weighted by Gasteiger charge is 2.33. The number of carbonyl (C=O) groups excluding carboxylic acids is 1. The predicted octanol–water partition coefficient (Wildman–Crippen LogP) is 2.55. The second-order valence-electron chi connectivity index (χ2n) is 5.29. The van der Waals surface area contributed by atoms with Gasteiger partial charge in [0.1, 0.15) is 0 Å². The summed E-state index contributed by atoms with van der Waals surface area (Å²) in [4.78, 5) is 26.5. The molecule has 104 valence electrons. The summed E-state index contributed by atoms with van der Waals surface area (Å²) in [6.07, 6.45) is 0.546. The van der Waals surface area contributed by atoms with Gasteiger partial charge in [-0.25, -0.2) is 0 Å². The van der Waals surface area contributed by atoms with Crippen LogP contribution in [0.15, 0.2) is 5.38 Å². The molecule has 0 bridgehead atoms. The molecule has 1 aliphatic heterocycles. The van der Waals surface area contributed by atoms with E-state index in [9.17, 15) is 9.59 Å². The molecule has 1 saturated heterocycles. The first-order valence-corrected chi connectivity index (χ1v) is 7.36. The Labute approximate surface area is 117 Å². The lowest BCUT2D eigenvalue weighted by Gasteiger charge is -2.35. The van der Waals surface area contributed by atoms with Gasteiger partial charge in [-0.15, -0.1) is 11.3 Å². The molecule has 1 fully saturated rings. The molecular formula is C14H19NO3S. The normalized spacial score (nSPS) is 23.4. The van der Waals surface area contributed by atoms with Crippen LogP contribution in [-0.2, 0) is 4.79 Å². The zero-order valence-electron chi connectivity index (χ0n) is 11.5. The molecule has 2 heterocycles. The van der Waals surface area contributed by atoms with Gasteiger partial charge in [-0.3, -0.25) is 9.59 Å². The second kappa shape index (κ2) is 5.33. The molecule has 2 rings (SSSR count). The minimum absolute atomic E-state index is 0.00948. The van der Waals surface area contributed by atoms with Crippen LogP contribution in [0.2, 0.25) is 0 Å². The third kappa shape index (κ3) is 2.66. The number of piperidine rings is 1. The van der Waals surface area contributed by atoms with E-state index in [2.05, 4.69) is 0 Å². The quantitative estimate of drug-likeness (QED) is 0.906. The van der Waals surface area contributed by atoms with Crippen molar-refractivity contribution in [2.75, 3.05) is 13.1 Å². The standard InChI is InChI=1S/C14H19NO3S/c1-8-6-15(5-4-11(8)14(17)18)13(16)12-7-19-10(3)9(12)2/h7-8,11H,4-6H2,1-3H3,(H,17,18). The highest BCUT2D eigenvalue weighted by molar-refractivity contribution is 7.10. The van der Waals surface area contributed by atoms with Gasteiger partial charge in [-0.2, -0.15) is 0 Å². The number of carboxylic acids is 1. The number of hydrogen-bond acceptors (Lipinski definition) is 3. The number of carboxylic acid groups (broad SMARTS) is 1. The van der Waals surface area contributed by atoms with Crippen LogP contribution in [0.1, 0.15) is 34.1 Å². The average molecular weight is 281 g/mol. The van der Waals surface area contributed by atoms with Gasteiger partial charge < -0.3 is 10.0 Å². The summed E-state index contributed by atoms with van der Waals surface area (Å²) in [7, 11) is 0. The molecular weight excluding hydrogens is 262 g/mol. The topological polar surface area (TPSA) is 57.6 Å². The van der Waals surface area contributed by atoms with Crippen molar-refractivity contribution in [1.29, 1.82) is 0 Å². The molecule has 1 aliphatic rings. The zero-order valence-corrected chi connectivity index (χ0v) is 12.3. The van der Waals surface area contributed by atoms with Crippen molar-refractivity contribution in [2.45, 2.75) is 27.2 Å². The number of thiophene rings is 1. The van der Waals surface area contributed by atoms with Crippen LogP contribution in [-0.4, -0.2) is 35.0 Å². The van der Waals surface area contributed by atoms with Crippen molar-refractivity contribution < 1.29 is 14.7 Å². The van der Waals surface area contributed by atoms with E-state index in [4.69, 9.17) is 5.11 Å². The van der Waals surface area contributed by atoms with Crippen molar-refractivity contribution in [3.05, 3.63) is 21.4 Å². The molecule has 19 heavy (non-hydrogen) atoms. The van der Waals surface area contributed by atoms with Crippen LogP contribution in [0.25, 0.3) is 0 Å². The number of hydrogen-bond donors (Lipinski definition) is 1. The molecule has 1 N–H and O–H groups in total. The van der Waals surface area contributed by atoms with Crippen LogP contribution in [0, 0.1) is 25.7 Å². The first-order valence-electron chi connectivity index (χ1n) is 6.48. The monoisotopic (exact) mass is 281 g/mol. The van der Waals surface area contributed by atoms with Crippen LogP contribution in [0.3, 0.4) is 0 Å². The number of amides is 1. The summed E-state index contributed by atoms with van der Waals surface area (Å²) >= 11 is 1.59. The third-order valence-electron chi connectivity index (χ3n) is 4.03. The highest BCUT2D eigenvalue weighted by atomic mass is 32.1. The summed E-state index contributed by atoms with van der Waals surface area (Å²) < 4.78 is 0. The number of nitrogens with zero attached hydrogens (tertiary/aromatic N) is 1. The van der Waals surface area contributed by atoms with Gasteiger partial charge in [-0.1, -0.05) is 6.92 Å². The van der Waals surface area contributed by atoms with E-state index in [0.29, 0.717) is 19.5 Å². The molecule has 0 spiro atoms. The summed E-state index contributed by atoms with van der Waals surface area (Å²) in [6.45, 7) is 6.95. The van der Waals surface area contributed by atoms with E-state index in [0.717, 1.165) is 16.0 Å². The van der Waals surface area contributed by atoms with Gasteiger partial charge in [0.2, 0.25) is 0 Å². The molecule has 1 aromatic rings. The lowest BCUT2D eigenvalue weighted by Crippen LogP contribution is -2.45. The fraction of sp³-hybridized carbons (Fsp3) is 0.571. The maximum absolute atomic E-state index is 12.4. The van der Waals surface area contributed by atoms with Crippen LogP contribution in [0.5, 0.6) is 0 Å². The van der Waals surface area contributed by atoms with Gasteiger partial charge in [-0.05, 0) is 31.7 Å². The van der Waals surface area contributed by atoms with E-state index >= 15 is 0 Å². The Morgan fingerprint density at radius 2 is 2.11 bits per heavy atom. The predicted molar refractivity (Wildman–Crippen MR) is 74.6 cm³/mol. The number of rotatable bonds is 2. The van der Waals surface area contributed by atoms with Crippen LogP contribution >= 0.6 is 11.3 Å². The first kappa shape index (κ1) is 14.1. The summed E-state index contributed by atoms with van der Waals surface area (Å²) in [6, 6.07) is 0. The maximum atomic E-state index is 12.4. The fourth-order valence-corrected chi connectivity index (χ4v) is 3.45. The van der Waals surface area contributed by atoms with Crippen molar-refractivity contribution >= 4 is 23.2 Å². The molecule has 2 atom stereocenters. The van der Waals surface area contributed by atoms with E-state index in [-0.39, 0.29) is 17.7 Å². The van der Waals surface area contributed by atoms with Gasteiger partial charge in [0.25, 0.3) is 5.91 Å². The molecule has 0 aromatic carbocycles. The molecule has 4 nitrogen and oxygen atoms in total. The number of aliphatic carboxylic acids is 1. The zero-order chi connectivity index (χ0) is 14.2. The van der Waals surface area contributed by atoms with Gasteiger partial charge in [0.15, 0.2) is 0 Å². The Balaban J connectivity index is 2.10. The smallest absolute Gasteiger partial charge is 0.306 e. The molecule has 2 unspecified atom stereocenters. The summed E-state index contributed by atoms with van der Waals surface area (Å²) in [5.41, 5.74) is 1.81. The number of carbonyl (C=O) groups is 2. The largest absolute Gasteiger partial charge is 0.481 e.